The number of methoxy groups -OCH3 is 1. The van der Waals surface area contributed by atoms with Crippen molar-refractivity contribution in [3.63, 3.8) is 0 Å². The maximum absolute atomic E-state index is 14.2. The maximum Gasteiger partial charge on any atom is 0.338 e. The summed E-state index contributed by atoms with van der Waals surface area (Å²) in [6, 6.07) is 40.8. The van der Waals surface area contributed by atoms with Crippen LogP contribution in [0.1, 0.15) is 47.8 Å². The zero-order chi connectivity index (χ0) is 46.1. The van der Waals surface area contributed by atoms with Crippen molar-refractivity contribution in [1.82, 2.24) is 0 Å². The highest BCUT2D eigenvalue weighted by Crippen LogP contribution is 2.45. The van der Waals surface area contributed by atoms with Gasteiger partial charge in [0.05, 0.1) is 31.5 Å². The van der Waals surface area contributed by atoms with Gasteiger partial charge in [0.25, 0.3) is 17.1 Å². The zero-order valence-electron chi connectivity index (χ0n) is 34.1. The summed E-state index contributed by atoms with van der Waals surface area (Å²) in [7, 11) is 1.25. The van der Waals surface area contributed by atoms with Crippen molar-refractivity contribution >= 4 is 35.0 Å². The van der Waals surface area contributed by atoms with Gasteiger partial charge in [-0.3, -0.25) is 30.3 Å². The number of nitro groups is 3. The van der Waals surface area contributed by atoms with Gasteiger partial charge in [-0.15, -0.1) is 0 Å². The van der Waals surface area contributed by atoms with Gasteiger partial charge in [0.2, 0.25) is 0 Å². The van der Waals surface area contributed by atoms with Gasteiger partial charge in [0, 0.05) is 43.5 Å². The molecule has 0 amide bonds. The molecule has 65 heavy (non-hydrogen) atoms. The van der Waals surface area contributed by atoms with Crippen LogP contribution in [0.15, 0.2) is 164 Å². The van der Waals surface area contributed by atoms with Crippen LogP contribution in [0.3, 0.4) is 0 Å². The first-order valence-corrected chi connectivity index (χ1v) is 19.7. The van der Waals surface area contributed by atoms with Crippen molar-refractivity contribution in [1.29, 1.82) is 0 Å². The molecule has 0 aromatic heterocycles. The average molecular weight is 884 g/mol. The monoisotopic (exact) mass is 883 g/mol. The first-order chi connectivity index (χ1) is 31.4. The van der Waals surface area contributed by atoms with E-state index < -0.39 is 75.6 Å². The largest absolute Gasteiger partial charge is 0.459 e. The predicted molar refractivity (Wildman–Crippen MR) is 228 cm³/mol. The SMILES string of the molecule is CO[C@@H]1O[C@H](COC(=O)c2ccc([N+](=O)[O-])cc2)[C@@H](OC(=O)c2ccc([N+](=O)[O-])cc2)[C@H](OC(c2ccccc2)(c2ccccc2)c2ccccc2)[C@H]1OC(=O)c1ccc([N+](=O)[O-])cc1. The number of hydrogen-bond acceptors (Lipinski definition) is 15. The van der Waals surface area contributed by atoms with E-state index in [-0.39, 0.29) is 33.8 Å². The summed E-state index contributed by atoms with van der Waals surface area (Å²) in [5, 5.41) is 34.2. The Labute approximate surface area is 369 Å². The Morgan fingerprint density at radius 2 is 0.862 bits per heavy atom. The molecule has 18 heteroatoms. The lowest BCUT2D eigenvalue weighted by Crippen LogP contribution is -2.64. The molecule has 1 fully saturated rings. The lowest BCUT2D eigenvalue weighted by molar-refractivity contribution is -0.385. The highest BCUT2D eigenvalue weighted by atomic mass is 16.7. The molecule has 1 saturated heterocycles. The molecule has 7 rings (SSSR count). The topological polar surface area (TPSA) is 236 Å². The van der Waals surface area contributed by atoms with E-state index in [4.69, 9.17) is 28.4 Å². The van der Waals surface area contributed by atoms with Gasteiger partial charge in [-0.1, -0.05) is 91.0 Å². The lowest BCUT2D eigenvalue weighted by Gasteiger charge is -2.48. The first kappa shape index (κ1) is 44.9. The number of hydrogen-bond donors (Lipinski definition) is 0. The maximum atomic E-state index is 14.2. The Balaban J connectivity index is 1.39. The van der Waals surface area contributed by atoms with Crippen LogP contribution in [0.4, 0.5) is 17.1 Å². The molecule has 18 nitrogen and oxygen atoms in total. The number of benzene rings is 6. The van der Waals surface area contributed by atoms with Crippen LogP contribution in [0, 0.1) is 30.3 Å². The van der Waals surface area contributed by atoms with E-state index in [9.17, 15) is 44.7 Å². The quantitative estimate of drug-likeness (QED) is 0.0297. The Morgan fingerprint density at radius 1 is 0.508 bits per heavy atom. The van der Waals surface area contributed by atoms with E-state index in [1.54, 1.807) is 54.6 Å². The standard InChI is InChI=1S/C47H37N3O15/c1-60-46-42(64-45(53)32-21-27-38(28-22-32)50(58)59)41(65-47(33-11-5-2-6-12-33,34-13-7-3-8-14-34)35-15-9-4-10-16-35)40(63-44(52)31-19-25-37(26-20-31)49(56)57)39(62-46)29-61-43(51)30-17-23-36(24-18-30)48(54)55/h2-28,39-42,46H,29H2,1H3/t39-,40-,41+,42-,46-/m1/s1. The molecule has 5 atom stereocenters. The van der Waals surface area contributed by atoms with Crippen LogP contribution in [-0.4, -0.2) is 77.1 Å². The van der Waals surface area contributed by atoms with Crippen molar-refractivity contribution in [2.24, 2.45) is 0 Å². The second-order valence-corrected chi connectivity index (χ2v) is 14.4. The van der Waals surface area contributed by atoms with Crippen molar-refractivity contribution in [2.75, 3.05) is 13.7 Å². The molecule has 0 aliphatic carbocycles. The van der Waals surface area contributed by atoms with E-state index in [0.29, 0.717) is 16.7 Å². The minimum absolute atomic E-state index is 0.0620. The van der Waals surface area contributed by atoms with Crippen molar-refractivity contribution < 1.29 is 57.6 Å². The predicted octanol–water partition coefficient (Wildman–Crippen LogP) is 7.77. The van der Waals surface area contributed by atoms with Gasteiger partial charge in [-0.2, -0.15) is 0 Å². The molecule has 0 bridgehead atoms. The van der Waals surface area contributed by atoms with E-state index >= 15 is 0 Å². The fourth-order valence-corrected chi connectivity index (χ4v) is 7.31. The third kappa shape index (κ3) is 9.89. The molecule has 0 saturated carbocycles. The van der Waals surface area contributed by atoms with Crippen LogP contribution in [0.25, 0.3) is 0 Å². The van der Waals surface area contributed by atoms with Gasteiger partial charge in [-0.05, 0) is 53.1 Å². The highest BCUT2D eigenvalue weighted by molar-refractivity contribution is 5.91. The third-order valence-electron chi connectivity index (χ3n) is 10.5. The third-order valence-corrected chi connectivity index (χ3v) is 10.5. The molecule has 1 aliphatic heterocycles. The normalized spacial score (nSPS) is 18.1. The van der Waals surface area contributed by atoms with Crippen LogP contribution >= 0.6 is 0 Å². The van der Waals surface area contributed by atoms with E-state index in [0.717, 1.165) is 36.4 Å². The molecular weight excluding hydrogens is 847 g/mol. The smallest absolute Gasteiger partial charge is 0.338 e. The first-order valence-electron chi connectivity index (χ1n) is 19.7. The summed E-state index contributed by atoms with van der Waals surface area (Å²) >= 11 is 0. The summed E-state index contributed by atoms with van der Waals surface area (Å²) in [5.41, 5.74) is -1.08. The number of nitrogens with zero attached hydrogens (tertiary/aromatic N) is 3. The van der Waals surface area contributed by atoms with Gasteiger partial charge >= 0.3 is 17.9 Å². The fraction of sp³-hybridized carbons (Fsp3) is 0.170. The molecular formula is C47H37N3O15. The minimum atomic E-state index is -1.67. The van der Waals surface area contributed by atoms with Crippen molar-refractivity contribution in [2.45, 2.75) is 36.3 Å². The van der Waals surface area contributed by atoms with E-state index in [1.165, 1.54) is 43.5 Å². The molecule has 6 aromatic carbocycles. The summed E-state index contributed by atoms with van der Waals surface area (Å²) in [5.74, 6) is -2.97. The summed E-state index contributed by atoms with van der Waals surface area (Å²) in [6.07, 6.45) is -7.92. The molecule has 0 radical (unpaired) electrons. The van der Waals surface area contributed by atoms with Crippen LogP contribution in [0.2, 0.25) is 0 Å². The number of non-ortho nitro benzene ring substituents is 3. The van der Waals surface area contributed by atoms with Crippen molar-refractivity contribution in [3.05, 3.63) is 228 Å². The number of esters is 3. The molecule has 1 aliphatic rings. The van der Waals surface area contributed by atoms with Gasteiger partial charge < -0.3 is 28.4 Å². The van der Waals surface area contributed by atoms with Crippen LogP contribution in [0.5, 0.6) is 0 Å². The highest BCUT2D eigenvalue weighted by Gasteiger charge is 2.55. The Hall–Kier alpha value is -8.19. The van der Waals surface area contributed by atoms with Gasteiger partial charge in [-0.25, -0.2) is 14.4 Å². The number of rotatable bonds is 16. The summed E-state index contributed by atoms with van der Waals surface area (Å²) < 4.78 is 37.7. The van der Waals surface area contributed by atoms with Gasteiger partial charge in [0.15, 0.2) is 18.5 Å². The van der Waals surface area contributed by atoms with E-state index in [1.807, 2.05) is 36.4 Å². The number of nitro benzene ring substituents is 3. The Kier molecular flexibility index (Phi) is 13.7. The van der Waals surface area contributed by atoms with Crippen LogP contribution in [-0.2, 0) is 34.0 Å². The molecule has 0 unspecified atom stereocenters. The second kappa shape index (κ2) is 19.9. The molecule has 6 aromatic rings. The number of ether oxygens (including phenoxy) is 6. The lowest BCUT2D eigenvalue weighted by atomic mass is 9.79. The minimum Gasteiger partial charge on any atom is -0.459 e. The molecule has 0 N–H and O–H groups in total. The summed E-state index contributed by atoms with van der Waals surface area (Å²) in [6.45, 7) is -0.661. The average Bonchev–Trinajstić information content (AvgIpc) is 3.34. The van der Waals surface area contributed by atoms with Gasteiger partial charge in [0.1, 0.15) is 24.4 Å². The van der Waals surface area contributed by atoms with Crippen LogP contribution < -0.4 is 0 Å². The summed E-state index contributed by atoms with van der Waals surface area (Å²) in [4.78, 5) is 74.1. The van der Waals surface area contributed by atoms with E-state index in [2.05, 4.69) is 0 Å². The molecule has 0 spiro atoms. The fourth-order valence-electron chi connectivity index (χ4n) is 7.31. The number of carbonyl (C=O) groups excluding carboxylic acids is 3. The van der Waals surface area contributed by atoms with Crippen molar-refractivity contribution in [3.8, 4) is 0 Å². The second-order valence-electron chi connectivity index (χ2n) is 14.4. The zero-order valence-corrected chi connectivity index (χ0v) is 34.1. The Bertz CT molecular complexity index is 2550. The molecule has 1 heterocycles. The Morgan fingerprint density at radius 3 is 1.22 bits per heavy atom. The number of carbonyl (C=O) groups is 3. The molecule has 330 valence electrons.